The minimum Gasteiger partial charge on any atom is -0.459 e. The highest BCUT2D eigenvalue weighted by Gasteiger charge is 2.51. The molecule has 2 aliphatic heterocycles. The zero-order valence-electron chi connectivity index (χ0n) is 13.1. The Bertz CT molecular complexity index is 535. The second-order valence-electron chi connectivity index (χ2n) is 6.71. The molecule has 2 heterocycles. The third-order valence-electron chi connectivity index (χ3n) is 5.24. The lowest BCUT2D eigenvalue weighted by atomic mass is 9.84. The van der Waals surface area contributed by atoms with Gasteiger partial charge in [-0.3, -0.25) is 4.79 Å². The van der Waals surface area contributed by atoms with Crippen molar-refractivity contribution >= 4 is 49.1 Å². The second-order valence-corrected chi connectivity index (χ2v) is 12.1. The molecule has 4 unspecified atom stereocenters. The van der Waals surface area contributed by atoms with Crippen LogP contribution >= 0.6 is 43.2 Å². The van der Waals surface area contributed by atoms with Crippen LogP contribution in [-0.4, -0.2) is 33.1 Å². The highest BCUT2D eigenvalue weighted by molar-refractivity contribution is 8.78. The molecular weight excluding hydrogens is 364 g/mol. The molecule has 4 atom stereocenters. The summed E-state index contributed by atoms with van der Waals surface area (Å²) in [6.07, 6.45) is 16.1. The van der Waals surface area contributed by atoms with Crippen LogP contribution in [0.3, 0.4) is 0 Å². The van der Waals surface area contributed by atoms with Gasteiger partial charge in [0.2, 0.25) is 0 Å². The Labute approximate surface area is 154 Å². The van der Waals surface area contributed by atoms with Crippen LogP contribution in [0.2, 0.25) is 0 Å². The van der Waals surface area contributed by atoms with Crippen LogP contribution < -0.4 is 0 Å². The van der Waals surface area contributed by atoms with Crippen LogP contribution in [-0.2, 0) is 9.53 Å². The Hall–Kier alpha value is 0.350. The fourth-order valence-corrected chi connectivity index (χ4v) is 11.0. The van der Waals surface area contributed by atoms with Gasteiger partial charge in [-0.15, -0.1) is 0 Å². The highest BCUT2D eigenvalue weighted by atomic mass is 33.1. The van der Waals surface area contributed by atoms with E-state index in [2.05, 4.69) is 24.3 Å². The minimum absolute atomic E-state index is 0.00550. The van der Waals surface area contributed by atoms with Gasteiger partial charge in [0.15, 0.2) is 0 Å². The summed E-state index contributed by atoms with van der Waals surface area (Å²) in [5.41, 5.74) is 0. The van der Waals surface area contributed by atoms with Crippen LogP contribution in [0.1, 0.15) is 38.5 Å². The van der Waals surface area contributed by atoms with Gasteiger partial charge in [-0.1, -0.05) is 67.5 Å². The Morgan fingerprint density at radius 3 is 2.30 bits per heavy atom. The van der Waals surface area contributed by atoms with Crippen molar-refractivity contribution in [2.45, 2.75) is 54.1 Å². The maximum absolute atomic E-state index is 13.0. The van der Waals surface area contributed by atoms with E-state index in [1.165, 1.54) is 12.8 Å². The molecule has 0 aromatic rings. The first-order valence-corrected chi connectivity index (χ1v) is 13.1. The first-order valence-electron chi connectivity index (χ1n) is 8.41. The molecule has 0 amide bonds. The van der Waals surface area contributed by atoms with E-state index in [0.717, 1.165) is 37.2 Å². The highest BCUT2D eigenvalue weighted by Crippen LogP contribution is 2.57. The number of allylic oxidation sites excluding steroid dienone is 2. The number of ether oxygens (including phenoxy) is 1. The molecule has 4 aliphatic rings. The zero-order valence-corrected chi connectivity index (χ0v) is 16.3. The van der Waals surface area contributed by atoms with Crippen LogP contribution in [0.25, 0.3) is 0 Å². The predicted molar refractivity (Wildman–Crippen MR) is 105 cm³/mol. The van der Waals surface area contributed by atoms with Crippen molar-refractivity contribution in [3.05, 3.63) is 24.3 Å². The first-order chi connectivity index (χ1) is 11.2. The Balaban J connectivity index is 1.49. The van der Waals surface area contributed by atoms with E-state index in [0.29, 0.717) is 0 Å². The standard InChI is InChI=1S/C17H22O2S4/c18-15(13-11-20-22-16(13)7-3-1-4-8-16)19-14-12-21-23-17(14)9-5-2-6-10-17/h3,5,7,9,13-14H,1-2,4,6,8,10-12H2. The summed E-state index contributed by atoms with van der Waals surface area (Å²) in [7, 11) is 7.51. The quantitative estimate of drug-likeness (QED) is 0.365. The van der Waals surface area contributed by atoms with Crippen molar-refractivity contribution in [1.82, 2.24) is 0 Å². The normalized spacial score (nSPS) is 42.6. The zero-order chi connectivity index (χ0) is 15.8. The van der Waals surface area contributed by atoms with Gasteiger partial charge >= 0.3 is 5.97 Å². The maximum atomic E-state index is 13.0. The van der Waals surface area contributed by atoms with Crippen molar-refractivity contribution in [2.75, 3.05) is 11.5 Å². The molecule has 2 spiro atoms. The summed E-state index contributed by atoms with van der Waals surface area (Å²) < 4.78 is 6.15. The molecule has 2 aliphatic carbocycles. The topological polar surface area (TPSA) is 26.3 Å². The predicted octanol–water partition coefficient (Wildman–Crippen LogP) is 5.26. The van der Waals surface area contributed by atoms with E-state index in [4.69, 9.17) is 4.74 Å². The summed E-state index contributed by atoms with van der Waals surface area (Å²) >= 11 is 0. The lowest BCUT2D eigenvalue weighted by Crippen LogP contribution is -2.44. The minimum atomic E-state index is -0.00550. The van der Waals surface area contributed by atoms with E-state index in [1.807, 2.05) is 43.2 Å². The van der Waals surface area contributed by atoms with E-state index in [9.17, 15) is 4.79 Å². The molecule has 0 radical (unpaired) electrons. The third kappa shape index (κ3) is 3.13. The van der Waals surface area contributed by atoms with Crippen molar-refractivity contribution in [3.8, 4) is 0 Å². The molecule has 2 nitrogen and oxygen atoms in total. The monoisotopic (exact) mass is 386 g/mol. The van der Waals surface area contributed by atoms with Gasteiger partial charge in [0, 0.05) is 11.5 Å². The summed E-state index contributed by atoms with van der Waals surface area (Å²) in [6, 6.07) is 0. The molecular formula is C17H22O2S4. The molecule has 0 bridgehead atoms. The van der Waals surface area contributed by atoms with Gasteiger partial charge in [0.05, 0.1) is 15.4 Å². The number of carbonyl (C=O) groups excluding carboxylic acids is 1. The average Bonchev–Trinajstić information content (AvgIpc) is 3.14. The van der Waals surface area contributed by atoms with E-state index >= 15 is 0 Å². The Morgan fingerprint density at radius 2 is 1.61 bits per heavy atom. The van der Waals surface area contributed by atoms with Gasteiger partial charge in [-0.25, -0.2) is 0 Å². The van der Waals surface area contributed by atoms with Crippen LogP contribution in [0.15, 0.2) is 24.3 Å². The van der Waals surface area contributed by atoms with Crippen molar-refractivity contribution < 1.29 is 9.53 Å². The Morgan fingerprint density at radius 1 is 0.957 bits per heavy atom. The molecule has 2 fully saturated rings. The third-order valence-corrected chi connectivity index (χ3v) is 11.6. The fraction of sp³-hybridized carbons (Fsp3) is 0.706. The van der Waals surface area contributed by atoms with Gasteiger partial charge < -0.3 is 4.74 Å². The number of hydrogen-bond acceptors (Lipinski definition) is 6. The SMILES string of the molecule is O=C(OC1CSSC12C=CCCC2)C1CSSC12C=CCCC2. The molecule has 4 rings (SSSR count). The van der Waals surface area contributed by atoms with Gasteiger partial charge in [0.1, 0.15) is 6.10 Å². The van der Waals surface area contributed by atoms with Crippen LogP contribution in [0.4, 0.5) is 0 Å². The van der Waals surface area contributed by atoms with Crippen LogP contribution in [0.5, 0.6) is 0 Å². The Kier molecular flexibility index (Phi) is 5.06. The second kappa shape index (κ2) is 6.93. The van der Waals surface area contributed by atoms with Gasteiger partial charge in [-0.05, 0) is 38.5 Å². The molecule has 0 aromatic carbocycles. The molecule has 0 aromatic heterocycles. The van der Waals surface area contributed by atoms with Crippen molar-refractivity contribution in [3.63, 3.8) is 0 Å². The smallest absolute Gasteiger partial charge is 0.311 e. The lowest BCUT2D eigenvalue weighted by Gasteiger charge is -2.35. The summed E-state index contributed by atoms with van der Waals surface area (Å²) in [6.45, 7) is 0. The van der Waals surface area contributed by atoms with Crippen molar-refractivity contribution in [1.29, 1.82) is 0 Å². The van der Waals surface area contributed by atoms with E-state index < -0.39 is 0 Å². The van der Waals surface area contributed by atoms with E-state index in [-0.39, 0.29) is 27.5 Å². The number of rotatable bonds is 2. The molecule has 6 heteroatoms. The van der Waals surface area contributed by atoms with Crippen LogP contribution in [0, 0.1) is 5.92 Å². The number of esters is 1. The van der Waals surface area contributed by atoms with E-state index in [1.54, 1.807) is 0 Å². The molecule has 23 heavy (non-hydrogen) atoms. The number of hydrogen-bond donors (Lipinski definition) is 0. The maximum Gasteiger partial charge on any atom is 0.311 e. The number of carbonyl (C=O) groups is 1. The van der Waals surface area contributed by atoms with Crippen molar-refractivity contribution in [2.24, 2.45) is 5.92 Å². The summed E-state index contributed by atoms with van der Waals surface area (Å²) in [4.78, 5) is 13.0. The summed E-state index contributed by atoms with van der Waals surface area (Å²) in [5, 5.41) is 0. The van der Waals surface area contributed by atoms with Gasteiger partial charge in [-0.2, -0.15) is 0 Å². The fourth-order valence-electron chi connectivity index (χ4n) is 3.86. The molecule has 0 saturated carbocycles. The lowest BCUT2D eigenvalue weighted by molar-refractivity contribution is -0.153. The van der Waals surface area contributed by atoms with Gasteiger partial charge in [0.25, 0.3) is 0 Å². The summed E-state index contributed by atoms with van der Waals surface area (Å²) in [5.74, 6) is 1.88. The first kappa shape index (κ1) is 16.8. The average molecular weight is 387 g/mol. The molecule has 126 valence electrons. The largest absolute Gasteiger partial charge is 0.459 e. The molecule has 2 saturated heterocycles. The molecule has 0 N–H and O–H groups in total.